The molecular formula is C6H6Cl3N3O2. The van der Waals surface area contributed by atoms with Gasteiger partial charge in [-0.15, -0.1) is 12.4 Å². The second-order valence-corrected chi connectivity index (χ2v) is 3.00. The van der Waals surface area contributed by atoms with E-state index in [4.69, 9.17) is 29.0 Å². The van der Waals surface area contributed by atoms with E-state index in [-0.39, 0.29) is 33.8 Å². The Morgan fingerprint density at radius 1 is 1.36 bits per heavy atom. The fraction of sp³-hybridized carbons (Fsp3) is 0. The molecule has 1 aromatic rings. The van der Waals surface area contributed by atoms with Crippen LogP contribution in [-0.2, 0) is 0 Å². The van der Waals surface area contributed by atoms with Gasteiger partial charge in [-0.2, -0.15) is 0 Å². The number of benzene rings is 1. The molecule has 5 nitrogen and oxygen atoms in total. The van der Waals surface area contributed by atoms with Crippen LogP contribution in [0, 0.1) is 10.1 Å². The molecule has 0 aliphatic carbocycles. The lowest BCUT2D eigenvalue weighted by Crippen LogP contribution is -2.09. The third kappa shape index (κ3) is 2.62. The highest BCUT2D eigenvalue weighted by Gasteiger charge is 2.15. The van der Waals surface area contributed by atoms with Crippen molar-refractivity contribution in [3.8, 4) is 0 Å². The minimum absolute atomic E-state index is 0. The van der Waals surface area contributed by atoms with Gasteiger partial charge in [0.25, 0.3) is 5.69 Å². The summed E-state index contributed by atoms with van der Waals surface area (Å²) < 4.78 is 0. The zero-order valence-corrected chi connectivity index (χ0v) is 8.99. The van der Waals surface area contributed by atoms with Crippen LogP contribution in [0.5, 0.6) is 0 Å². The van der Waals surface area contributed by atoms with Gasteiger partial charge < -0.3 is 5.43 Å². The normalized spacial score (nSPS) is 9.07. The SMILES string of the molecule is Cl.NNc1cc(Cl)c(Cl)cc1[N+](=O)[O-]. The number of nitrogens with one attached hydrogen (secondary N) is 1. The van der Waals surface area contributed by atoms with Gasteiger partial charge in [0, 0.05) is 6.07 Å². The van der Waals surface area contributed by atoms with Gasteiger partial charge in [-0.05, 0) is 6.07 Å². The summed E-state index contributed by atoms with van der Waals surface area (Å²) in [6.07, 6.45) is 0. The van der Waals surface area contributed by atoms with Crippen LogP contribution in [0.1, 0.15) is 0 Å². The predicted octanol–water partition coefficient (Wildman–Crippen LogP) is 2.61. The Morgan fingerprint density at radius 3 is 2.29 bits per heavy atom. The molecule has 0 unspecified atom stereocenters. The van der Waals surface area contributed by atoms with Crippen LogP contribution in [0.15, 0.2) is 12.1 Å². The zero-order chi connectivity index (χ0) is 10.0. The van der Waals surface area contributed by atoms with Crippen molar-refractivity contribution in [2.45, 2.75) is 0 Å². The Hall–Kier alpha value is -0.750. The standard InChI is InChI=1S/C6H5Cl2N3O2.ClH/c7-3-1-5(10-9)6(11(12)13)2-4(3)8;/h1-2,10H,9H2;1H. The van der Waals surface area contributed by atoms with Gasteiger partial charge in [-0.25, -0.2) is 0 Å². The number of nitro groups is 1. The average Bonchev–Trinajstić information content (AvgIpc) is 2.08. The van der Waals surface area contributed by atoms with Crippen molar-refractivity contribution < 1.29 is 4.92 Å². The number of anilines is 1. The number of nitrogen functional groups attached to an aromatic ring is 1. The highest BCUT2D eigenvalue weighted by atomic mass is 35.5. The Balaban J connectivity index is 0.00000169. The maximum Gasteiger partial charge on any atom is 0.295 e. The summed E-state index contributed by atoms with van der Waals surface area (Å²) in [5.41, 5.74) is 2.07. The molecule has 0 radical (unpaired) electrons. The van der Waals surface area contributed by atoms with Crippen molar-refractivity contribution in [1.82, 2.24) is 0 Å². The lowest BCUT2D eigenvalue weighted by Gasteiger charge is -2.02. The third-order valence-electron chi connectivity index (χ3n) is 1.39. The Morgan fingerprint density at radius 2 is 1.86 bits per heavy atom. The fourth-order valence-corrected chi connectivity index (χ4v) is 1.12. The van der Waals surface area contributed by atoms with Crippen LogP contribution < -0.4 is 11.3 Å². The monoisotopic (exact) mass is 257 g/mol. The van der Waals surface area contributed by atoms with Crippen molar-refractivity contribution in [2.24, 2.45) is 5.84 Å². The maximum atomic E-state index is 10.5. The molecule has 0 fully saturated rings. The lowest BCUT2D eigenvalue weighted by molar-refractivity contribution is -0.383. The molecule has 8 heteroatoms. The minimum atomic E-state index is -0.600. The molecule has 3 N–H and O–H groups in total. The zero-order valence-electron chi connectivity index (χ0n) is 6.66. The molecule has 0 aliphatic rings. The molecule has 0 saturated heterocycles. The van der Waals surface area contributed by atoms with E-state index in [0.717, 1.165) is 6.07 Å². The number of nitro benzene ring substituents is 1. The van der Waals surface area contributed by atoms with E-state index in [0.29, 0.717) is 0 Å². The number of nitrogens with two attached hydrogens (primary N) is 1. The van der Waals surface area contributed by atoms with Crippen LogP contribution in [0.4, 0.5) is 11.4 Å². The van der Waals surface area contributed by atoms with Gasteiger partial charge in [0.2, 0.25) is 0 Å². The second kappa shape index (κ2) is 5.21. The maximum absolute atomic E-state index is 10.5. The van der Waals surface area contributed by atoms with Gasteiger partial charge in [-0.3, -0.25) is 16.0 Å². The van der Waals surface area contributed by atoms with E-state index in [9.17, 15) is 10.1 Å². The molecule has 0 bridgehead atoms. The highest BCUT2D eigenvalue weighted by Crippen LogP contribution is 2.33. The van der Waals surface area contributed by atoms with Crippen molar-refractivity contribution in [2.75, 3.05) is 5.43 Å². The van der Waals surface area contributed by atoms with E-state index in [1.165, 1.54) is 6.07 Å². The van der Waals surface area contributed by atoms with Crippen LogP contribution in [0.3, 0.4) is 0 Å². The first-order valence-electron chi connectivity index (χ1n) is 3.16. The summed E-state index contributed by atoms with van der Waals surface area (Å²) >= 11 is 11.2. The lowest BCUT2D eigenvalue weighted by atomic mass is 10.3. The van der Waals surface area contributed by atoms with E-state index in [1.54, 1.807) is 0 Å². The fourth-order valence-electron chi connectivity index (χ4n) is 0.803. The molecule has 0 amide bonds. The largest absolute Gasteiger partial charge is 0.318 e. The van der Waals surface area contributed by atoms with Crippen LogP contribution in [0.2, 0.25) is 10.0 Å². The molecule has 0 atom stereocenters. The van der Waals surface area contributed by atoms with Crippen molar-refractivity contribution in [1.29, 1.82) is 0 Å². The Bertz CT molecular complexity index is 358. The number of nitrogens with zero attached hydrogens (tertiary/aromatic N) is 1. The number of hydrogen-bond acceptors (Lipinski definition) is 4. The molecule has 0 heterocycles. The van der Waals surface area contributed by atoms with Crippen molar-refractivity contribution in [3.63, 3.8) is 0 Å². The van der Waals surface area contributed by atoms with Crippen LogP contribution >= 0.6 is 35.6 Å². The molecule has 0 aromatic heterocycles. The van der Waals surface area contributed by atoms with E-state index < -0.39 is 4.92 Å². The van der Waals surface area contributed by atoms with Crippen molar-refractivity contribution in [3.05, 3.63) is 32.3 Å². The third-order valence-corrected chi connectivity index (χ3v) is 2.11. The number of hydrogen-bond donors (Lipinski definition) is 2. The van der Waals surface area contributed by atoms with Gasteiger partial charge in [0.15, 0.2) is 0 Å². The Labute approximate surface area is 95.7 Å². The predicted molar refractivity (Wildman–Crippen MR) is 58.2 cm³/mol. The Kier molecular flexibility index (Phi) is 4.93. The molecule has 0 spiro atoms. The molecule has 1 rings (SSSR count). The minimum Gasteiger partial charge on any atom is -0.318 e. The summed E-state index contributed by atoms with van der Waals surface area (Å²) in [5, 5.41) is 10.8. The summed E-state index contributed by atoms with van der Waals surface area (Å²) in [6.45, 7) is 0. The molecule has 0 saturated carbocycles. The summed E-state index contributed by atoms with van der Waals surface area (Å²) in [6, 6.07) is 2.43. The smallest absolute Gasteiger partial charge is 0.295 e. The topological polar surface area (TPSA) is 81.2 Å². The van der Waals surface area contributed by atoms with Crippen LogP contribution in [-0.4, -0.2) is 4.92 Å². The van der Waals surface area contributed by atoms with Gasteiger partial charge >= 0.3 is 0 Å². The first-order chi connectivity index (χ1) is 6.06. The molecule has 1 aromatic carbocycles. The van der Waals surface area contributed by atoms with Crippen LogP contribution in [0.25, 0.3) is 0 Å². The van der Waals surface area contributed by atoms with Crippen molar-refractivity contribution >= 4 is 47.0 Å². The average molecular weight is 258 g/mol. The first-order valence-corrected chi connectivity index (χ1v) is 3.92. The number of hydrazine groups is 1. The van der Waals surface area contributed by atoms with E-state index in [1.807, 2.05) is 0 Å². The number of rotatable bonds is 2. The second-order valence-electron chi connectivity index (χ2n) is 2.18. The summed E-state index contributed by atoms with van der Waals surface area (Å²) in [5.74, 6) is 5.05. The van der Waals surface area contributed by atoms with Gasteiger partial charge in [0.1, 0.15) is 5.69 Å². The van der Waals surface area contributed by atoms with Gasteiger partial charge in [-0.1, -0.05) is 23.2 Å². The summed E-state index contributed by atoms with van der Waals surface area (Å²) in [7, 11) is 0. The highest BCUT2D eigenvalue weighted by molar-refractivity contribution is 6.42. The van der Waals surface area contributed by atoms with E-state index >= 15 is 0 Å². The first kappa shape index (κ1) is 13.2. The summed E-state index contributed by atoms with van der Waals surface area (Å²) in [4.78, 5) is 9.85. The molecule has 0 aliphatic heterocycles. The molecule has 78 valence electrons. The molecular weight excluding hydrogens is 252 g/mol. The van der Waals surface area contributed by atoms with Gasteiger partial charge in [0.05, 0.1) is 15.0 Å². The quantitative estimate of drug-likeness (QED) is 0.485. The number of halogens is 3. The molecule has 14 heavy (non-hydrogen) atoms. The van der Waals surface area contributed by atoms with E-state index in [2.05, 4.69) is 5.43 Å².